The van der Waals surface area contributed by atoms with E-state index in [-0.39, 0.29) is 10.8 Å². The molecule has 0 heteroatoms. The molecule has 0 fully saturated rings. The zero-order valence-electron chi connectivity index (χ0n) is 51.0. The normalized spacial score (nSPS) is 13.3. The van der Waals surface area contributed by atoms with E-state index in [0.717, 1.165) is 0 Å². The largest absolute Gasteiger partial charge is 0.0622 e. The predicted octanol–water partition coefficient (Wildman–Crippen LogP) is 24.9. The Labute approximate surface area is 526 Å². The number of hydrogen-bond acceptors (Lipinski definition) is 0. The molecule has 16 aromatic rings. The van der Waals surface area contributed by atoms with E-state index in [0.29, 0.717) is 0 Å². The van der Waals surface area contributed by atoms with Crippen LogP contribution in [0.5, 0.6) is 0 Å². The van der Waals surface area contributed by atoms with Crippen molar-refractivity contribution in [1.29, 1.82) is 0 Å². The molecule has 90 heavy (non-hydrogen) atoms. The van der Waals surface area contributed by atoms with Gasteiger partial charge in [0.15, 0.2) is 0 Å². The SMILES string of the molecule is CC1(C)c2ccccc2-c2cc(-c3c4ccccc4c(-c4cc(-c5ccccc5)cc5ccccc45)c4ccccc34)ccc21.CC1(C)c2ccccc2-c2cc(-c3c4ccccc4c(-c4ccc5cc(-c6ccccc6)ccc5c4)c4ccccc34)ccc21. The molecule has 2 aliphatic carbocycles. The van der Waals surface area contributed by atoms with E-state index in [4.69, 9.17) is 0 Å². The lowest BCUT2D eigenvalue weighted by molar-refractivity contribution is 0.660. The van der Waals surface area contributed by atoms with Crippen LogP contribution in [0.1, 0.15) is 49.9 Å². The summed E-state index contributed by atoms with van der Waals surface area (Å²) in [5, 5.41) is 15.3. The van der Waals surface area contributed by atoms with Crippen molar-refractivity contribution in [2.45, 2.75) is 38.5 Å². The fourth-order valence-corrected chi connectivity index (χ4v) is 15.8. The Morgan fingerprint density at radius 1 is 0.167 bits per heavy atom. The summed E-state index contributed by atoms with van der Waals surface area (Å²) in [5.74, 6) is 0. The molecule has 16 aromatic carbocycles. The van der Waals surface area contributed by atoms with Crippen LogP contribution in [-0.4, -0.2) is 0 Å². The highest BCUT2D eigenvalue weighted by Gasteiger charge is 2.37. The van der Waals surface area contributed by atoms with Gasteiger partial charge in [-0.25, -0.2) is 0 Å². The predicted molar refractivity (Wildman–Crippen MR) is 386 cm³/mol. The first kappa shape index (κ1) is 53.3. The van der Waals surface area contributed by atoms with Gasteiger partial charge in [-0.1, -0.05) is 307 Å². The smallest absolute Gasteiger partial charge is 0.0158 e. The van der Waals surface area contributed by atoms with E-state index in [1.807, 2.05) is 0 Å². The Bertz CT molecular complexity index is 5470. The third-order valence-electron chi connectivity index (χ3n) is 20.1. The first-order valence-corrected chi connectivity index (χ1v) is 31.7. The molecular formula is C90H64. The van der Waals surface area contributed by atoms with Crippen LogP contribution in [0.2, 0.25) is 0 Å². The van der Waals surface area contributed by atoms with Gasteiger partial charge in [0, 0.05) is 10.8 Å². The molecule has 0 heterocycles. The van der Waals surface area contributed by atoms with Gasteiger partial charge in [0.1, 0.15) is 0 Å². The minimum absolute atomic E-state index is 0.00358. The van der Waals surface area contributed by atoms with E-state index < -0.39 is 0 Å². The summed E-state index contributed by atoms with van der Waals surface area (Å²) in [4.78, 5) is 0. The van der Waals surface area contributed by atoms with Crippen molar-refractivity contribution < 1.29 is 0 Å². The minimum Gasteiger partial charge on any atom is -0.0622 e. The van der Waals surface area contributed by atoms with E-state index in [1.165, 1.54) is 176 Å². The summed E-state index contributed by atoms with van der Waals surface area (Å²) < 4.78 is 0. The minimum atomic E-state index is -0.0106. The van der Waals surface area contributed by atoms with Gasteiger partial charge in [0.05, 0.1) is 0 Å². The first-order chi connectivity index (χ1) is 44.2. The summed E-state index contributed by atoms with van der Waals surface area (Å²) in [7, 11) is 0. The lowest BCUT2D eigenvalue weighted by Crippen LogP contribution is -2.14. The highest BCUT2D eigenvalue weighted by molar-refractivity contribution is 6.25. The van der Waals surface area contributed by atoms with Crippen LogP contribution >= 0.6 is 0 Å². The highest BCUT2D eigenvalue weighted by atomic mass is 14.4. The van der Waals surface area contributed by atoms with Gasteiger partial charge in [0.2, 0.25) is 0 Å². The molecule has 0 aliphatic heterocycles. The molecule has 0 N–H and O–H groups in total. The van der Waals surface area contributed by atoms with Gasteiger partial charge in [0.25, 0.3) is 0 Å². The molecule has 0 amide bonds. The fourth-order valence-electron chi connectivity index (χ4n) is 15.8. The maximum atomic E-state index is 2.45. The number of rotatable bonds is 6. The molecular weight excluding hydrogens is 1080 g/mol. The Kier molecular flexibility index (Phi) is 12.4. The lowest BCUT2D eigenvalue weighted by Gasteiger charge is -2.22. The van der Waals surface area contributed by atoms with E-state index in [2.05, 4.69) is 343 Å². The molecule has 0 saturated heterocycles. The second-order valence-corrected chi connectivity index (χ2v) is 25.8. The maximum Gasteiger partial charge on any atom is 0.0158 e. The van der Waals surface area contributed by atoms with E-state index in [1.54, 1.807) is 0 Å². The zero-order chi connectivity index (χ0) is 60.2. The maximum absolute atomic E-state index is 2.45. The van der Waals surface area contributed by atoms with E-state index in [9.17, 15) is 0 Å². The molecule has 0 unspecified atom stereocenters. The Hall–Kier alpha value is -10.9. The van der Waals surface area contributed by atoms with Gasteiger partial charge in [-0.3, -0.25) is 0 Å². The van der Waals surface area contributed by atoms with Gasteiger partial charge in [-0.2, -0.15) is 0 Å². The second-order valence-electron chi connectivity index (χ2n) is 25.8. The van der Waals surface area contributed by atoms with Crippen molar-refractivity contribution >= 4 is 64.6 Å². The fraction of sp³-hybridized carbons (Fsp3) is 0.0667. The summed E-state index contributed by atoms with van der Waals surface area (Å²) in [5.41, 5.74) is 26.3. The van der Waals surface area contributed by atoms with Crippen molar-refractivity contribution in [3.63, 3.8) is 0 Å². The third-order valence-corrected chi connectivity index (χ3v) is 20.1. The van der Waals surface area contributed by atoms with Crippen LogP contribution in [0.3, 0.4) is 0 Å². The summed E-state index contributed by atoms with van der Waals surface area (Å²) in [6, 6.07) is 117. The van der Waals surface area contributed by atoms with Crippen molar-refractivity contribution in [2.75, 3.05) is 0 Å². The molecule has 0 spiro atoms. The van der Waals surface area contributed by atoms with Crippen molar-refractivity contribution in [2.24, 2.45) is 0 Å². The Balaban J connectivity index is 0.000000139. The van der Waals surface area contributed by atoms with Gasteiger partial charge < -0.3 is 0 Å². The number of fused-ring (bicyclic) bond motifs is 12. The summed E-state index contributed by atoms with van der Waals surface area (Å²) in [6.07, 6.45) is 0. The molecule has 424 valence electrons. The molecule has 2 aliphatic rings. The van der Waals surface area contributed by atoms with Crippen molar-refractivity contribution in [3.05, 3.63) is 338 Å². The average Bonchev–Trinajstić information content (AvgIpc) is 1.19. The quantitative estimate of drug-likeness (QED) is 0.146. The van der Waals surface area contributed by atoms with Gasteiger partial charge >= 0.3 is 0 Å². The topological polar surface area (TPSA) is 0 Å². The zero-order valence-corrected chi connectivity index (χ0v) is 51.0. The average molecular weight is 1150 g/mol. The molecule has 0 aromatic heterocycles. The monoisotopic (exact) mass is 1140 g/mol. The van der Waals surface area contributed by atoms with Gasteiger partial charge in [-0.15, -0.1) is 0 Å². The molecule has 0 radical (unpaired) electrons. The van der Waals surface area contributed by atoms with Crippen LogP contribution in [0.4, 0.5) is 0 Å². The molecule has 0 atom stereocenters. The number of benzene rings is 16. The van der Waals surface area contributed by atoms with E-state index >= 15 is 0 Å². The molecule has 0 bridgehead atoms. The summed E-state index contributed by atoms with van der Waals surface area (Å²) >= 11 is 0. The highest BCUT2D eigenvalue weighted by Crippen LogP contribution is 2.54. The standard InChI is InChI=1S/2C45H32/c1-45(2)41-19-11-10-14-35(41)40-28-34(24-25-42(40)45)44-38-17-8-6-15-36(38)43(37-16-7-9-18-39(37)44)33-23-22-31-26-30(20-21-32(31)27-33)29-12-4-3-5-13-29;1-45(2)41-23-13-12-18-34(41)39-27-31(24-25-42(39)45)43-35-19-8-10-21-37(35)44(38-22-11-9-20-36(38)43)40-28-32(29-14-4-3-5-15-29)26-30-16-6-7-17-33(30)40/h2*3-28H,1-2H3. The molecule has 0 nitrogen and oxygen atoms in total. The van der Waals surface area contributed by atoms with Crippen LogP contribution in [-0.2, 0) is 10.8 Å². The van der Waals surface area contributed by atoms with Crippen LogP contribution in [0, 0.1) is 0 Å². The Morgan fingerprint density at radius 3 is 0.922 bits per heavy atom. The van der Waals surface area contributed by atoms with Crippen molar-refractivity contribution in [1.82, 2.24) is 0 Å². The number of hydrogen-bond donors (Lipinski definition) is 0. The second kappa shape index (κ2) is 20.9. The van der Waals surface area contributed by atoms with Crippen LogP contribution < -0.4 is 0 Å². The summed E-state index contributed by atoms with van der Waals surface area (Å²) in [6.45, 7) is 9.40. The molecule has 18 rings (SSSR count). The van der Waals surface area contributed by atoms with Crippen molar-refractivity contribution in [3.8, 4) is 89.0 Å². The van der Waals surface area contributed by atoms with Crippen LogP contribution in [0.15, 0.2) is 315 Å². The molecule has 0 saturated carbocycles. The third kappa shape index (κ3) is 8.43. The Morgan fingerprint density at radius 2 is 0.467 bits per heavy atom. The van der Waals surface area contributed by atoms with Crippen LogP contribution in [0.25, 0.3) is 154 Å². The van der Waals surface area contributed by atoms with Gasteiger partial charge in [-0.05, 0) is 212 Å². The first-order valence-electron chi connectivity index (χ1n) is 31.7. The lowest BCUT2D eigenvalue weighted by atomic mass is 9.81.